The molecule has 2 aromatic rings. The third-order valence-electron chi connectivity index (χ3n) is 2.40. The van der Waals surface area contributed by atoms with Gasteiger partial charge < -0.3 is 10.5 Å². The fourth-order valence-electron chi connectivity index (χ4n) is 1.55. The van der Waals surface area contributed by atoms with E-state index < -0.39 is 6.04 Å². The van der Waals surface area contributed by atoms with E-state index >= 15 is 0 Å². The number of hydrogen-bond acceptors (Lipinski definition) is 3. The first-order chi connectivity index (χ1) is 7.74. The first kappa shape index (κ1) is 14.0. The Morgan fingerprint density at radius 1 is 1.29 bits per heavy atom. The van der Waals surface area contributed by atoms with Gasteiger partial charge in [-0.3, -0.25) is 0 Å². The smallest absolute Gasteiger partial charge is 0.170 e. The van der Waals surface area contributed by atoms with Gasteiger partial charge in [-0.1, -0.05) is 18.2 Å². The van der Waals surface area contributed by atoms with Crippen molar-refractivity contribution in [1.29, 1.82) is 0 Å². The van der Waals surface area contributed by atoms with Crippen molar-refractivity contribution in [1.82, 2.24) is 0 Å². The minimum absolute atomic E-state index is 0. The first-order valence-corrected chi connectivity index (χ1v) is 5.73. The fourth-order valence-corrected chi connectivity index (χ4v) is 2.29. The predicted octanol–water partition coefficient (Wildman–Crippen LogP) is 3.37. The summed E-state index contributed by atoms with van der Waals surface area (Å²) < 4.78 is 18.8. The molecule has 0 fully saturated rings. The molecule has 0 aliphatic carbocycles. The Kier molecular flexibility index (Phi) is 4.93. The van der Waals surface area contributed by atoms with Crippen molar-refractivity contribution in [2.24, 2.45) is 5.73 Å². The molecule has 0 saturated heterocycles. The fraction of sp³-hybridized carbons (Fsp3) is 0.167. The maximum Gasteiger partial charge on any atom is 0.170 e. The average molecular weight is 274 g/mol. The number of hydrogen-bond donors (Lipinski definition) is 1. The van der Waals surface area contributed by atoms with Gasteiger partial charge in [0.25, 0.3) is 0 Å². The lowest BCUT2D eigenvalue weighted by molar-refractivity contribution is 0.383. The van der Waals surface area contributed by atoms with Crippen molar-refractivity contribution >= 4 is 23.7 Å². The summed E-state index contributed by atoms with van der Waals surface area (Å²) in [5, 5.41) is 1.92. The number of halogens is 2. The number of benzene rings is 1. The molecule has 0 spiro atoms. The zero-order valence-corrected chi connectivity index (χ0v) is 10.9. The van der Waals surface area contributed by atoms with Gasteiger partial charge in [0.15, 0.2) is 11.6 Å². The van der Waals surface area contributed by atoms with Crippen LogP contribution < -0.4 is 10.5 Å². The average Bonchev–Trinajstić information content (AvgIpc) is 2.82. The van der Waals surface area contributed by atoms with Crippen molar-refractivity contribution in [3.63, 3.8) is 0 Å². The van der Waals surface area contributed by atoms with Crippen LogP contribution in [0.3, 0.4) is 0 Å². The van der Waals surface area contributed by atoms with E-state index in [2.05, 4.69) is 0 Å². The molecular formula is C12H13ClFNOS. The zero-order chi connectivity index (χ0) is 11.5. The summed E-state index contributed by atoms with van der Waals surface area (Å²) in [5.74, 6) is -0.157. The molecule has 1 aromatic carbocycles. The van der Waals surface area contributed by atoms with Crippen molar-refractivity contribution in [2.45, 2.75) is 6.04 Å². The highest BCUT2D eigenvalue weighted by molar-refractivity contribution is 7.10. The first-order valence-electron chi connectivity index (χ1n) is 4.85. The van der Waals surface area contributed by atoms with E-state index in [0.717, 1.165) is 4.88 Å². The molecular weight excluding hydrogens is 261 g/mol. The molecule has 2 rings (SSSR count). The lowest BCUT2D eigenvalue weighted by Crippen LogP contribution is -2.12. The van der Waals surface area contributed by atoms with E-state index in [1.807, 2.05) is 17.5 Å². The number of ether oxygens (including phenoxy) is 1. The second kappa shape index (κ2) is 6.00. The van der Waals surface area contributed by atoms with E-state index in [4.69, 9.17) is 10.5 Å². The molecule has 5 heteroatoms. The number of nitrogens with two attached hydrogens (primary N) is 1. The highest BCUT2D eigenvalue weighted by Crippen LogP contribution is 2.29. The lowest BCUT2D eigenvalue weighted by atomic mass is 10.1. The van der Waals surface area contributed by atoms with Crippen molar-refractivity contribution in [2.75, 3.05) is 7.11 Å². The van der Waals surface area contributed by atoms with Crippen molar-refractivity contribution in [3.8, 4) is 5.75 Å². The molecule has 1 aromatic heterocycles. The lowest BCUT2D eigenvalue weighted by Gasteiger charge is -2.12. The van der Waals surface area contributed by atoms with Crippen LogP contribution in [0.5, 0.6) is 5.75 Å². The number of methoxy groups -OCH3 is 1. The van der Waals surface area contributed by atoms with E-state index in [-0.39, 0.29) is 24.0 Å². The standard InChI is InChI=1S/C12H12FNOS.ClH/c1-15-9-5-2-4-8(11(9)13)12(14)10-6-3-7-16-10;/h2-7,12H,14H2,1H3;1H/t12-;/m0./s1. The van der Waals surface area contributed by atoms with Crippen LogP contribution in [0.4, 0.5) is 4.39 Å². The maximum atomic E-state index is 13.9. The van der Waals surface area contributed by atoms with Gasteiger partial charge in [0.2, 0.25) is 0 Å². The molecule has 0 amide bonds. The monoisotopic (exact) mass is 273 g/mol. The Morgan fingerprint density at radius 3 is 2.65 bits per heavy atom. The molecule has 0 aliphatic rings. The maximum absolute atomic E-state index is 13.9. The van der Waals surface area contributed by atoms with Crippen LogP contribution in [0.2, 0.25) is 0 Å². The predicted molar refractivity (Wildman–Crippen MR) is 70.5 cm³/mol. The molecule has 2 N–H and O–H groups in total. The van der Waals surface area contributed by atoms with Crippen LogP contribution in [-0.2, 0) is 0 Å². The van der Waals surface area contributed by atoms with Crippen LogP contribution in [0, 0.1) is 5.82 Å². The van der Waals surface area contributed by atoms with Crippen LogP contribution in [0.1, 0.15) is 16.5 Å². The van der Waals surface area contributed by atoms with Crippen LogP contribution in [0.25, 0.3) is 0 Å². The van der Waals surface area contributed by atoms with Gasteiger partial charge in [-0.15, -0.1) is 23.7 Å². The third-order valence-corrected chi connectivity index (χ3v) is 3.35. The van der Waals surface area contributed by atoms with E-state index in [1.54, 1.807) is 18.2 Å². The Balaban J connectivity index is 0.00000144. The quantitative estimate of drug-likeness (QED) is 0.931. The molecule has 1 atom stereocenters. The third kappa shape index (κ3) is 2.77. The Labute approximate surface area is 110 Å². The molecule has 2 nitrogen and oxygen atoms in total. The Hall–Kier alpha value is -1.10. The van der Waals surface area contributed by atoms with Gasteiger partial charge in [0.1, 0.15) is 0 Å². The van der Waals surface area contributed by atoms with Crippen LogP contribution >= 0.6 is 23.7 Å². The van der Waals surface area contributed by atoms with Gasteiger partial charge >= 0.3 is 0 Å². The highest BCUT2D eigenvalue weighted by Gasteiger charge is 2.17. The molecule has 0 bridgehead atoms. The molecule has 1 heterocycles. The minimum atomic E-state index is -0.435. The number of thiophene rings is 1. The minimum Gasteiger partial charge on any atom is -0.494 e. The van der Waals surface area contributed by atoms with E-state index in [0.29, 0.717) is 5.56 Å². The van der Waals surface area contributed by atoms with Crippen LogP contribution in [-0.4, -0.2) is 7.11 Å². The largest absolute Gasteiger partial charge is 0.494 e. The van der Waals surface area contributed by atoms with Crippen LogP contribution in [0.15, 0.2) is 35.7 Å². The summed E-state index contributed by atoms with van der Waals surface area (Å²) in [5.41, 5.74) is 6.46. The van der Waals surface area contributed by atoms with Gasteiger partial charge in [-0.05, 0) is 17.5 Å². The van der Waals surface area contributed by atoms with Gasteiger partial charge in [0, 0.05) is 10.4 Å². The molecule has 17 heavy (non-hydrogen) atoms. The van der Waals surface area contributed by atoms with Gasteiger partial charge in [-0.25, -0.2) is 4.39 Å². The summed E-state index contributed by atoms with van der Waals surface area (Å²) in [6, 6.07) is 8.37. The van der Waals surface area contributed by atoms with Gasteiger partial charge in [0.05, 0.1) is 13.2 Å². The summed E-state index contributed by atoms with van der Waals surface area (Å²) >= 11 is 1.52. The molecule has 92 valence electrons. The second-order valence-electron chi connectivity index (χ2n) is 3.36. The topological polar surface area (TPSA) is 35.2 Å². The Morgan fingerprint density at radius 2 is 2.06 bits per heavy atom. The Bertz CT molecular complexity index is 475. The summed E-state index contributed by atoms with van der Waals surface area (Å²) in [6.45, 7) is 0. The summed E-state index contributed by atoms with van der Waals surface area (Å²) in [6.07, 6.45) is 0. The highest BCUT2D eigenvalue weighted by atomic mass is 35.5. The molecule has 0 unspecified atom stereocenters. The number of rotatable bonds is 3. The molecule has 0 radical (unpaired) electrons. The normalized spacial score (nSPS) is 11.7. The molecule has 0 saturated carbocycles. The van der Waals surface area contributed by atoms with Crippen molar-refractivity contribution in [3.05, 3.63) is 52.0 Å². The van der Waals surface area contributed by atoms with Crippen molar-refractivity contribution < 1.29 is 9.13 Å². The van der Waals surface area contributed by atoms with E-state index in [1.165, 1.54) is 18.4 Å². The summed E-state index contributed by atoms with van der Waals surface area (Å²) in [7, 11) is 1.44. The molecule has 0 aliphatic heterocycles. The zero-order valence-electron chi connectivity index (χ0n) is 9.22. The summed E-state index contributed by atoms with van der Waals surface area (Å²) in [4.78, 5) is 0.937. The van der Waals surface area contributed by atoms with Gasteiger partial charge in [-0.2, -0.15) is 0 Å². The SMILES string of the molecule is COc1cccc([C@H](N)c2cccs2)c1F.Cl. The van der Waals surface area contributed by atoms with E-state index in [9.17, 15) is 4.39 Å². The second-order valence-corrected chi connectivity index (χ2v) is 4.34.